The first-order chi connectivity index (χ1) is 13.2. The number of fused-ring (bicyclic) bond motifs is 1. The summed E-state index contributed by atoms with van der Waals surface area (Å²) in [6.07, 6.45) is -1.28. The van der Waals surface area contributed by atoms with Gasteiger partial charge in [-0.3, -0.25) is 24.2 Å². The Hall–Kier alpha value is -3.57. The van der Waals surface area contributed by atoms with Crippen LogP contribution in [-0.4, -0.2) is 57.7 Å². The van der Waals surface area contributed by atoms with Crippen molar-refractivity contribution in [2.24, 2.45) is 0 Å². The fourth-order valence-corrected chi connectivity index (χ4v) is 2.25. The zero-order valence-corrected chi connectivity index (χ0v) is 15.5. The molecule has 0 bridgehead atoms. The predicted molar refractivity (Wildman–Crippen MR) is 91.2 cm³/mol. The molecule has 12 nitrogen and oxygen atoms in total. The highest BCUT2D eigenvalue weighted by Crippen LogP contribution is 2.24. The number of nitrogens with one attached hydrogen (secondary N) is 1. The summed E-state index contributed by atoms with van der Waals surface area (Å²) in [5.74, 6) is -2.04. The molecule has 0 aromatic carbocycles. The van der Waals surface area contributed by atoms with Crippen molar-refractivity contribution < 1.29 is 33.3 Å². The maximum Gasteiger partial charge on any atom is 0.303 e. The van der Waals surface area contributed by atoms with Crippen LogP contribution in [-0.2, 0) is 28.6 Å². The van der Waals surface area contributed by atoms with Crippen molar-refractivity contribution in [1.29, 1.82) is 0 Å². The highest BCUT2D eigenvalue weighted by Gasteiger charge is 2.32. The number of hydrogen-bond donors (Lipinski definition) is 1. The van der Waals surface area contributed by atoms with E-state index in [9.17, 15) is 19.2 Å². The Morgan fingerprint density at radius 2 is 1.75 bits per heavy atom. The van der Waals surface area contributed by atoms with Crippen LogP contribution in [0.2, 0.25) is 0 Å². The van der Waals surface area contributed by atoms with Crippen LogP contribution in [0.15, 0.2) is 11.0 Å². The number of hydrogen-bond acceptors (Lipinski definition) is 11. The highest BCUT2D eigenvalue weighted by atomic mass is 16.6. The molecule has 0 radical (unpaired) electrons. The van der Waals surface area contributed by atoms with Crippen molar-refractivity contribution in [2.75, 3.05) is 13.7 Å². The van der Waals surface area contributed by atoms with Crippen LogP contribution >= 0.6 is 0 Å². The molecule has 2 heterocycles. The van der Waals surface area contributed by atoms with Gasteiger partial charge in [0.15, 0.2) is 23.4 Å². The van der Waals surface area contributed by atoms with Gasteiger partial charge in [-0.25, -0.2) is 9.97 Å². The molecule has 0 aliphatic rings. The summed E-state index contributed by atoms with van der Waals surface area (Å²) >= 11 is 0. The standard InChI is InChI=1S/C16H18N4O8/c1-7(21)26-6-11(27-8(2)22)13(28-9(3)23)10-5-17-14-12(18-10)15(24)20-16(19-14)25-4/h5,11,13H,6H2,1-4H3,(H,17,19,20,24)/t11-,13-/m0/s1. The van der Waals surface area contributed by atoms with Gasteiger partial charge in [0.1, 0.15) is 12.3 Å². The molecule has 0 aliphatic carbocycles. The van der Waals surface area contributed by atoms with E-state index in [-0.39, 0.29) is 22.9 Å². The third kappa shape index (κ3) is 5.22. The molecule has 0 fully saturated rings. The quantitative estimate of drug-likeness (QED) is 0.490. The summed E-state index contributed by atoms with van der Waals surface area (Å²) in [6.45, 7) is 3.04. The molecule has 12 heteroatoms. The summed E-state index contributed by atoms with van der Waals surface area (Å²) in [7, 11) is 1.32. The Labute approximate surface area is 158 Å². The van der Waals surface area contributed by atoms with Crippen LogP contribution in [0.25, 0.3) is 11.2 Å². The molecule has 1 N–H and O–H groups in total. The number of ether oxygens (including phenoxy) is 4. The molecule has 2 rings (SSSR count). The van der Waals surface area contributed by atoms with Crippen LogP contribution in [0.4, 0.5) is 0 Å². The average molecular weight is 394 g/mol. The zero-order chi connectivity index (χ0) is 20.8. The SMILES string of the molecule is COc1nc2ncc([C@H](OC(C)=O)[C@H](COC(C)=O)OC(C)=O)nc2c(=O)[nH]1. The Balaban J connectivity index is 2.51. The highest BCUT2D eigenvalue weighted by molar-refractivity contribution is 5.70. The van der Waals surface area contributed by atoms with Crippen LogP contribution < -0.4 is 10.3 Å². The predicted octanol–water partition coefficient (Wildman–Crippen LogP) is -0.179. The number of aromatic amines is 1. The molecular formula is C16H18N4O8. The third-order valence-corrected chi connectivity index (χ3v) is 3.30. The van der Waals surface area contributed by atoms with E-state index in [1.165, 1.54) is 20.2 Å². The number of carbonyl (C=O) groups is 3. The first kappa shape index (κ1) is 20.7. The van der Waals surface area contributed by atoms with Crippen molar-refractivity contribution in [3.05, 3.63) is 22.2 Å². The van der Waals surface area contributed by atoms with E-state index in [0.717, 1.165) is 13.8 Å². The Morgan fingerprint density at radius 3 is 2.32 bits per heavy atom. The maximum atomic E-state index is 12.2. The second-order valence-electron chi connectivity index (χ2n) is 5.52. The number of esters is 3. The summed E-state index contributed by atoms with van der Waals surface area (Å²) in [4.78, 5) is 60.8. The van der Waals surface area contributed by atoms with E-state index in [4.69, 9.17) is 18.9 Å². The Morgan fingerprint density at radius 1 is 1.07 bits per heavy atom. The summed E-state index contributed by atoms with van der Waals surface area (Å²) in [6, 6.07) is -0.0521. The Kier molecular flexibility index (Phi) is 6.58. The van der Waals surface area contributed by atoms with Gasteiger partial charge in [-0.1, -0.05) is 0 Å². The molecule has 28 heavy (non-hydrogen) atoms. The minimum absolute atomic E-state index is 0.00133. The zero-order valence-electron chi connectivity index (χ0n) is 15.5. The van der Waals surface area contributed by atoms with E-state index >= 15 is 0 Å². The molecule has 2 aromatic heterocycles. The first-order valence-electron chi connectivity index (χ1n) is 8.00. The number of H-pyrrole nitrogens is 1. The van der Waals surface area contributed by atoms with Gasteiger partial charge in [-0.05, 0) is 0 Å². The van der Waals surface area contributed by atoms with E-state index < -0.39 is 42.3 Å². The minimum Gasteiger partial charge on any atom is -0.468 e. The topological polar surface area (TPSA) is 160 Å². The summed E-state index contributed by atoms with van der Waals surface area (Å²) in [5, 5.41) is 0. The van der Waals surface area contributed by atoms with Crippen LogP contribution in [0.3, 0.4) is 0 Å². The van der Waals surface area contributed by atoms with Crippen molar-refractivity contribution in [3.63, 3.8) is 0 Å². The van der Waals surface area contributed by atoms with E-state index in [2.05, 4.69) is 19.9 Å². The summed E-state index contributed by atoms with van der Waals surface area (Å²) < 4.78 is 20.1. The maximum absolute atomic E-state index is 12.2. The van der Waals surface area contributed by atoms with Gasteiger partial charge in [-0.2, -0.15) is 4.98 Å². The lowest BCUT2D eigenvalue weighted by Gasteiger charge is -2.25. The molecule has 2 aromatic rings. The minimum atomic E-state index is -1.28. The van der Waals surface area contributed by atoms with Gasteiger partial charge in [-0.15, -0.1) is 0 Å². The summed E-state index contributed by atoms with van der Waals surface area (Å²) in [5.41, 5.74) is -0.792. The fraction of sp³-hybridized carbons (Fsp3) is 0.438. The third-order valence-electron chi connectivity index (χ3n) is 3.30. The molecule has 0 amide bonds. The number of aromatic nitrogens is 4. The van der Waals surface area contributed by atoms with Crippen molar-refractivity contribution in [2.45, 2.75) is 33.0 Å². The van der Waals surface area contributed by atoms with Gasteiger partial charge in [0.05, 0.1) is 13.3 Å². The van der Waals surface area contributed by atoms with Gasteiger partial charge >= 0.3 is 17.9 Å². The lowest BCUT2D eigenvalue weighted by molar-refractivity contribution is -0.174. The van der Waals surface area contributed by atoms with Crippen LogP contribution in [0.5, 0.6) is 6.01 Å². The van der Waals surface area contributed by atoms with Crippen LogP contribution in [0, 0.1) is 0 Å². The molecule has 0 unspecified atom stereocenters. The molecule has 0 saturated carbocycles. The second kappa shape index (κ2) is 8.88. The molecule has 0 saturated heterocycles. The fourth-order valence-electron chi connectivity index (χ4n) is 2.25. The number of nitrogens with zero attached hydrogens (tertiary/aromatic N) is 3. The number of rotatable bonds is 7. The first-order valence-corrected chi connectivity index (χ1v) is 8.00. The molecule has 2 atom stereocenters. The lowest BCUT2D eigenvalue weighted by atomic mass is 10.1. The van der Waals surface area contributed by atoms with Crippen molar-refractivity contribution >= 4 is 29.1 Å². The van der Waals surface area contributed by atoms with E-state index in [0.29, 0.717) is 0 Å². The Bertz CT molecular complexity index is 957. The lowest BCUT2D eigenvalue weighted by Crippen LogP contribution is -2.33. The van der Waals surface area contributed by atoms with Gasteiger partial charge < -0.3 is 18.9 Å². The van der Waals surface area contributed by atoms with Gasteiger partial charge in [0, 0.05) is 20.8 Å². The molecule has 150 valence electrons. The van der Waals surface area contributed by atoms with E-state index in [1.54, 1.807) is 0 Å². The van der Waals surface area contributed by atoms with Gasteiger partial charge in [0.25, 0.3) is 11.6 Å². The van der Waals surface area contributed by atoms with Crippen molar-refractivity contribution in [3.8, 4) is 6.01 Å². The number of methoxy groups -OCH3 is 1. The van der Waals surface area contributed by atoms with Gasteiger partial charge in [0.2, 0.25) is 0 Å². The molecule has 0 aliphatic heterocycles. The van der Waals surface area contributed by atoms with Crippen molar-refractivity contribution in [1.82, 2.24) is 19.9 Å². The number of carbonyl (C=O) groups excluding carboxylic acids is 3. The monoisotopic (exact) mass is 394 g/mol. The van der Waals surface area contributed by atoms with Crippen LogP contribution in [0.1, 0.15) is 32.6 Å². The molecular weight excluding hydrogens is 376 g/mol. The van der Waals surface area contributed by atoms with E-state index in [1.807, 2.05) is 0 Å². The normalized spacial score (nSPS) is 12.7. The largest absolute Gasteiger partial charge is 0.468 e. The smallest absolute Gasteiger partial charge is 0.303 e. The molecule has 0 spiro atoms. The average Bonchev–Trinajstić information content (AvgIpc) is 2.62. The second-order valence-corrected chi connectivity index (χ2v) is 5.52.